The van der Waals surface area contributed by atoms with E-state index >= 15 is 0 Å². The topological polar surface area (TPSA) is 67.8 Å². The molecule has 1 rings (SSSR count). The van der Waals surface area contributed by atoms with Crippen LogP contribution in [0.4, 0.5) is 0 Å². The molecule has 0 aliphatic carbocycles. The Morgan fingerprint density at radius 2 is 2.38 bits per heavy atom. The van der Waals surface area contributed by atoms with Crippen molar-refractivity contribution in [1.29, 1.82) is 0 Å². The molecule has 0 aliphatic heterocycles. The summed E-state index contributed by atoms with van der Waals surface area (Å²) in [6.07, 6.45) is 1.04. The van der Waals surface area contributed by atoms with Crippen LogP contribution in [-0.2, 0) is 0 Å². The summed E-state index contributed by atoms with van der Waals surface area (Å²) in [6, 6.07) is 7.14. The highest BCUT2D eigenvalue weighted by Gasteiger charge is 2.10. The molecule has 4 nitrogen and oxygen atoms in total. The van der Waals surface area contributed by atoms with E-state index < -0.39 is 0 Å². The molecular weight excluding hydrogens is 228 g/mol. The first-order valence-corrected chi connectivity index (χ1v) is 5.42. The van der Waals surface area contributed by atoms with Crippen LogP contribution in [0.15, 0.2) is 29.4 Å². The lowest BCUT2D eigenvalue weighted by Crippen LogP contribution is -2.24. The van der Waals surface area contributed by atoms with Crippen LogP contribution < -0.4 is 10.5 Å². The standard InChI is InChI=1S/C11H15ClN2O2/c1-2-9(7-11(13)14-15)16-10-5-3-4-8(12)6-10/h3-6,9,15H,2,7H2,1H3,(H2,13,14). The summed E-state index contributed by atoms with van der Waals surface area (Å²) >= 11 is 5.84. The normalized spacial score (nSPS) is 13.5. The minimum Gasteiger partial charge on any atom is -0.490 e. The Morgan fingerprint density at radius 1 is 1.62 bits per heavy atom. The fraction of sp³-hybridized carbons (Fsp3) is 0.364. The summed E-state index contributed by atoms with van der Waals surface area (Å²) in [4.78, 5) is 0. The Morgan fingerprint density at radius 3 is 2.94 bits per heavy atom. The molecule has 16 heavy (non-hydrogen) atoms. The number of hydrogen-bond donors (Lipinski definition) is 2. The van der Waals surface area contributed by atoms with Gasteiger partial charge in [-0.3, -0.25) is 0 Å². The molecule has 0 radical (unpaired) electrons. The molecule has 0 spiro atoms. The number of amidine groups is 1. The first-order chi connectivity index (χ1) is 7.65. The maximum Gasteiger partial charge on any atom is 0.142 e. The van der Waals surface area contributed by atoms with E-state index in [1.165, 1.54) is 0 Å². The molecule has 1 unspecified atom stereocenters. The van der Waals surface area contributed by atoms with Crippen molar-refractivity contribution in [2.45, 2.75) is 25.9 Å². The number of halogens is 1. The minimum atomic E-state index is -0.116. The first-order valence-electron chi connectivity index (χ1n) is 5.04. The van der Waals surface area contributed by atoms with Crippen LogP contribution in [-0.4, -0.2) is 17.1 Å². The van der Waals surface area contributed by atoms with E-state index in [9.17, 15) is 0 Å². The molecular formula is C11H15ClN2O2. The lowest BCUT2D eigenvalue weighted by Gasteiger charge is -2.16. The molecule has 1 atom stereocenters. The molecule has 0 aromatic heterocycles. The molecule has 0 saturated heterocycles. The highest BCUT2D eigenvalue weighted by atomic mass is 35.5. The molecule has 0 aliphatic rings. The molecule has 0 heterocycles. The third kappa shape index (κ3) is 3.98. The molecule has 1 aromatic rings. The number of nitrogens with zero attached hydrogens (tertiary/aromatic N) is 1. The van der Waals surface area contributed by atoms with E-state index in [-0.39, 0.29) is 11.9 Å². The van der Waals surface area contributed by atoms with Gasteiger partial charge < -0.3 is 15.7 Å². The van der Waals surface area contributed by atoms with Crippen LogP contribution in [0, 0.1) is 0 Å². The summed E-state index contributed by atoms with van der Waals surface area (Å²) in [5, 5.41) is 12.0. The number of hydrogen-bond acceptors (Lipinski definition) is 3. The van der Waals surface area contributed by atoms with Crippen molar-refractivity contribution in [2.24, 2.45) is 10.9 Å². The first kappa shape index (κ1) is 12.6. The van der Waals surface area contributed by atoms with Crippen LogP contribution in [0.5, 0.6) is 5.75 Å². The van der Waals surface area contributed by atoms with Gasteiger partial charge in [-0.15, -0.1) is 0 Å². The second-order valence-electron chi connectivity index (χ2n) is 3.40. The quantitative estimate of drug-likeness (QED) is 0.361. The third-order valence-electron chi connectivity index (χ3n) is 2.12. The second kappa shape index (κ2) is 6.23. The van der Waals surface area contributed by atoms with E-state index in [0.717, 1.165) is 6.42 Å². The maximum atomic E-state index is 8.48. The van der Waals surface area contributed by atoms with E-state index in [2.05, 4.69) is 5.16 Å². The van der Waals surface area contributed by atoms with Gasteiger partial charge in [0.1, 0.15) is 17.7 Å². The zero-order chi connectivity index (χ0) is 12.0. The van der Waals surface area contributed by atoms with Gasteiger partial charge in [-0.25, -0.2) is 0 Å². The van der Waals surface area contributed by atoms with Crippen LogP contribution in [0.3, 0.4) is 0 Å². The molecule has 1 aromatic carbocycles. The minimum absolute atomic E-state index is 0.116. The van der Waals surface area contributed by atoms with Crippen molar-refractivity contribution in [3.05, 3.63) is 29.3 Å². The smallest absolute Gasteiger partial charge is 0.142 e. The van der Waals surface area contributed by atoms with E-state index in [4.69, 9.17) is 27.3 Å². The van der Waals surface area contributed by atoms with Crippen molar-refractivity contribution < 1.29 is 9.94 Å². The zero-order valence-electron chi connectivity index (χ0n) is 9.06. The Labute approximate surface area is 99.7 Å². The predicted octanol–water partition coefficient (Wildman–Crippen LogP) is 2.63. The Bertz CT molecular complexity index is 369. The van der Waals surface area contributed by atoms with Crippen LogP contribution in [0.25, 0.3) is 0 Å². The molecule has 0 bridgehead atoms. The number of oxime groups is 1. The highest BCUT2D eigenvalue weighted by Crippen LogP contribution is 2.19. The van der Waals surface area contributed by atoms with Crippen molar-refractivity contribution in [1.82, 2.24) is 0 Å². The predicted molar refractivity (Wildman–Crippen MR) is 64.2 cm³/mol. The zero-order valence-corrected chi connectivity index (χ0v) is 9.81. The number of ether oxygens (including phenoxy) is 1. The fourth-order valence-corrected chi connectivity index (χ4v) is 1.46. The Kier molecular flexibility index (Phi) is 4.92. The SMILES string of the molecule is CCC(C/C(N)=N/O)Oc1cccc(Cl)c1. The Balaban J connectivity index is 2.63. The average Bonchev–Trinajstić information content (AvgIpc) is 2.28. The molecule has 0 saturated carbocycles. The largest absolute Gasteiger partial charge is 0.490 e. The number of nitrogens with two attached hydrogens (primary N) is 1. The molecule has 3 N–H and O–H groups in total. The van der Waals surface area contributed by atoms with Crippen molar-refractivity contribution in [2.75, 3.05) is 0 Å². The van der Waals surface area contributed by atoms with Crippen molar-refractivity contribution in [3.63, 3.8) is 0 Å². The van der Waals surface area contributed by atoms with Gasteiger partial charge in [0.25, 0.3) is 0 Å². The summed E-state index contributed by atoms with van der Waals surface area (Å²) in [6.45, 7) is 1.97. The maximum absolute atomic E-state index is 8.48. The lowest BCUT2D eigenvalue weighted by molar-refractivity contribution is 0.202. The van der Waals surface area contributed by atoms with E-state index in [0.29, 0.717) is 17.2 Å². The van der Waals surface area contributed by atoms with Gasteiger partial charge in [0.2, 0.25) is 0 Å². The third-order valence-corrected chi connectivity index (χ3v) is 2.35. The van der Waals surface area contributed by atoms with Crippen molar-refractivity contribution >= 4 is 17.4 Å². The lowest BCUT2D eigenvalue weighted by atomic mass is 10.2. The van der Waals surface area contributed by atoms with Gasteiger partial charge in [-0.2, -0.15) is 0 Å². The van der Waals surface area contributed by atoms with Crippen LogP contribution in [0.1, 0.15) is 19.8 Å². The summed E-state index contributed by atoms with van der Waals surface area (Å²) < 4.78 is 5.66. The van der Waals surface area contributed by atoms with Gasteiger partial charge in [0.05, 0.1) is 0 Å². The summed E-state index contributed by atoms with van der Waals surface area (Å²) in [5.41, 5.74) is 5.43. The van der Waals surface area contributed by atoms with Crippen LogP contribution >= 0.6 is 11.6 Å². The van der Waals surface area contributed by atoms with Crippen molar-refractivity contribution in [3.8, 4) is 5.75 Å². The van der Waals surface area contributed by atoms with Crippen LogP contribution in [0.2, 0.25) is 5.02 Å². The Hall–Kier alpha value is -1.42. The molecule has 0 fully saturated rings. The number of rotatable bonds is 5. The fourth-order valence-electron chi connectivity index (χ4n) is 1.28. The van der Waals surface area contributed by atoms with E-state index in [1.807, 2.05) is 19.1 Å². The average molecular weight is 243 g/mol. The van der Waals surface area contributed by atoms with Gasteiger partial charge in [-0.05, 0) is 24.6 Å². The molecule has 0 amide bonds. The molecule has 5 heteroatoms. The van der Waals surface area contributed by atoms with Gasteiger partial charge in [0, 0.05) is 11.4 Å². The highest BCUT2D eigenvalue weighted by molar-refractivity contribution is 6.30. The summed E-state index contributed by atoms with van der Waals surface area (Å²) in [5.74, 6) is 0.846. The number of benzene rings is 1. The molecule has 88 valence electrons. The van der Waals surface area contributed by atoms with E-state index in [1.54, 1.807) is 12.1 Å². The second-order valence-corrected chi connectivity index (χ2v) is 3.84. The van der Waals surface area contributed by atoms with Gasteiger partial charge >= 0.3 is 0 Å². The van der Waals surface area contributed by atoms with Gasteiger partial charge in [0.15, 0.2) is 0 Å². The monoisotopic (exact) mass is 242 g/mol. The van der Waals surface area contributed by atoms with Gasteiger partial charge in [-0.1, -0.05) is 29.7 Å². The summed E-state index contributed by atoms with van der Waals surface area (Å²) in [7, 11) is 0.